The van der Waals surface area contributed by atoms with Crippen molar-refractivity contribution in [3.05, 3.63) is 71.5 Å². The van der Waals surface area contributed by atoms with Crippen LogP contribution in [0.1, 0.15) is 29.7 Å². The topological polar surface area (TPSA) is 104 Å². The third-order valence-electron chi connectivity index (χ3n) is 5.51. The molecule has 166 valence electrons. The Morgan fingerprint density at radius 1 is 1.09 bits per heavy atom. The van der Waals surface area contributed by atoms with Gasteiger partial charge in [-0.3, -0.25) is 0 Å². The molecule has 32 heavy (non-hydrogen) atoms. The zero-order valence-electron chi connectivity index (χ0n) is 17.8. The number of benzene rings is 2. The molecule has 1 aliphatic rings. The third-order valence-corrected chi connectivity index (χ3v) is 7.79. The first-order chi connectivity index (χ1) is 15.4. The van der Waals surface area contributed by atoms with Gasteiger partial charge in [0.2, 0.25) is 5.95 Å². The second-order valence-electron chi connectivity index (χ2n) is 7.81. The highest BCUT2D eigenvalue weighted by atomic mass is 32.2. The number of aromatic hydroxyl groups is 1. The van der Waals surface area contributed by atoms with Crippen LogP contribution >= 0.6 is 0 Å². The molecule has 2 aromatic carbocycles. The van der Waals surface area contributed by atoms with Gasteiger partial charge in [0.15, 0.2) is 9.84 Å². The van der Waals surface area contributed by atoms with Crippen LogP contribution in [-0.2, 0) is 9.84 Å². The average molecular weight is 451 g/mol. The Labute approximate surface area is 188 Å². The number of phenols is 1. The van der Waals surface area contributed by atoms with Gasteiger partial charge >= 0.3 is 0 Å². The molecule has 0 unspecified atom stereocenters. The van der Waals surface area contributed by atoms with Crippen LogP contribution in [0.4, 0.5) is 11.6 Å². The molecule has 0 bridgehead atoms. The molecule has 0 saturated carbocycles. The molecule has 8 heteroatoms. The number of piperidine rings is 1. The van der Waals surface area contributed by atoms with Gasteiger partial charge < -0.3 is 15.7 Å². The lowest BCUT2D eigenvalue weighted by molar-refractivity contribution is 0.475. The van der Waals surface area contributed by atoms with Gasteiger partial charge in [0.25, 0.3) is 0 Å². The number of sulfone groups is 1. The van der Waals surface area contributed by atoms with E-state index in [0.717, 1.165) is 35.6 Å². The van der Waals surface area contributed by atoms with E-state index in [2.05, 4.69) is 20.6 Å². The number of aryl methyl sites for hydroxylation is 1. The molecule has 2 heterocycles. The van der Waals surface area contributed by atoms with Crippen molar-refractivity contribution in [2.75, 3.05) is 18.4 Å². The van der Waals surface area contributed by atoms with Gasteiger partial charge in [-0.15, -0.1) is 0 Å². The van der Waals surface area contributed by atoms with E-state index in [1.54, 1.807) is 48.7 Å². The Kier molecular flexibility index (Phi) is 6.53. The predicted octanol–water partition coefficient (Wildman–Crippen LogP) is 3.93. The van der Waals surface area contributed by atoms with Gasteiger partial charge in [-0.05, 0) is 74.8 Å². The van der Waals surface area contributed by atoms with E-state index in [4.69, 9.17) is 0 Å². The summed E-state index contributed by atoms with van der Waals surface area (Å²) < 4.78 is 25.7. The summed E-state index contributed by atoms with van der Waals surface area (Å²) in [6.07, 6.45) is 6.79. The molecule has 0 atom stereocenters. The number of rotatable bonds is 6. The molecule has 0 radical (unpaired) electrons. The van der Waals surface area contributed by atoms with E-state index in [-0.39, 0.29) is 11.0 Å². The van der Waals surface area contributed by atoms with E-state index in [1.165, 1.54) is 0 Å². The van der Waals surface area contributed by atoms with E-state index in [1.807, 2.05) is 25.1 Å². The van der Waals surface area contributed by atoms with E-state index < -0.39 is 9.84 Å². The van der Waals surface area contributed by atoms with Crippen molar-refractivity contribution in [2.24, 2.45) is 0 Å². The van der Waals surface area contributed by atoms with Crippen molar-refractivity contribution in [3.63, 3.8) is 0 Å². The molecule has 3 N–H and O–H groups in total. The molecule has 4 rings (SSSR count). The van der Waals surface area contributed by atoms with Gasteiger partial charge in [0.05, 0.1) is 15.8 Å². The summed E-state index contributed by atoms with van der Waals surface area (Å²) in [5.41, 5.74) is 3.26. The fraction of sp³-hybridized carbons (Fsp3) is 0.250. The van der Waals surface area contributed by atoms with Crippen molar-refractivity contribution < 1.29 is 13.5 Å². The predicted molar refractivity (Wildman–Crippen MR) is 127 cm³/mol. The summed E-state index contributed by atoms with van der Waals surface area (Å²) in [6.45, 7) is 3.36. The van der Waals surface area contributed by atoms with Crippen LogP contribution in [0.25, 0.3) is 12.2 Å². The summed E-state index contributed by atoms with van der Waals surface area (Å²) in [5.74, 6) is 0.653. The summed E-state index contributed by atoms with van der Waals surface area (Å²) in [6, 6.07) is 13.7. The summed E-state index contributed by atoms with van der Waals surface area (Å²) in [5, 5.41) is 15.6. The van der Waals surface area contributed by atoms with Crippen LogP contribution in [0, 0.1) is 6.92 Å². The lowest BCUT2D eigenvalue weighted by Crippen LogP contribution is -2.35. The monoisotopic (exact) mass is 450 g/mol. The fourth-order valence-electron chi connectivity index (χ4n) is 3.67. The normalized spacial score (nSPS) is 15.2. The SMILES string of the molecule is Cc1nc(Nc2ccc(S(=O)(=O)C3CCNCC3)cc2)ncc1/C=C/c1cccc(O)c1. The maximum atomic E-state index is 12.8. The van der Waals surface area contributed by atoms with E-state index in [0.29, 0.717) is 23.7 Å². The van der Waals surface area contributed by atoms with Crippen LogP contribution in [0.15, 0.2) is 59.6 Å². The van der Waals surface area contributed by atoms with Crippen molar-refractivity contribution in [2.45, 2.75) is 29.9 Å². The maximum absolute atomic E-state index is 12.8. The largest absolute Gasteiger partial charge is 0.508 e. The van der Waals surface area contributed by atoms with Crippen LogP contribution in [-0.4, -0.2) is 41.8 Å². The molecule has 1 saturated heterocycles. The zero-order chi connectivity index (χ0) is 22.6. The Morgan fingerprint density at radius 3 is 2.53 bits per heavy atom. The second-order valence-corrected chi connectivity index (χ2v) is 10.0. The van der Waals surface area contributed by atoms with Crippen molar-refractivity contribution in [1.82, 2.24) is 15.3 Å². The number of anilines is 2. The summed E-state index contributed by atoms with van der Waals surface area (Å²) in [7, 11) is -3.32. The molecule has 7 nitrogen and oxygen atoms in total. The number of aromatic nitrogens is 2. The minimum Gasteiger partial charge on any atom is -0.508 e. The number of nitrogens with zero attached hydrogens (tertiary/aromatic N) is 2. The highest BCUT2D eigenvalue weighted by Crippen LogP contribution is 2.24. The van der Waals surface area contributed by atoms with Gasteiger partial charge in [0.1, 0.15) is 5.75 Å². The summed E-state index contributed by atoms with van der Waals surface area (Å²) in [4.78, 5) is 9.20. The Morgan fingerprint density at radius 2 is 1.84 bits per heavy atom. The van der Waals surface area contributed by atoms with E-state index in [9.17, 15) is 13.5 Å². The smallest absolute Gasteiger partial charge is 0.227 e. The Balaban J connectivity index is 1.44. The summed E-state index contributed by atoms with van der Waals surface area (Å²) >= 11 is 0. The highest BCUT2D eigenvalue weighted by molar-refractivity contribution is 7.92. The molecule has 1 aromatic heterocycles. The van der Waals surface area contributed by atoms with Crippen LogP contribution in [0.3, 0.4) is 0 Å². The van der Waals surface area contributed by atoms with Gasteiger partial charge in [-0.1, -0.05) is 24.3 Å². The first-order valence-corrected chi connectivity index (χ1v) is 12.1. The van der Waals surface area contributed by atoms with Crippen molar-refractivity contribution >= 4 is 33.6 Å². The fourth-order valence-corrected chi connectivity index (χ4v) is 5.43. The van der Waals surface area contributed by atoms with Gasteiger partial charge in [0, 0.05) is 17.4 Å². The Bertz CT molecular complexity index is 1220. The molecular weight excluding hydrogens is 424 g/mol. The number of hydrogen-bond acceptors (Lipinski definition) is 7. The highest BCUT2D eigenvalue weighted by Gasteiger charge is 2.28. The van der Waals surface area contributed by atoms with Crippen LogP contribution < -0.4 is 10.6 Å². The first kappa shape index (κ1) is 22.0. The molecule has 1 fully saturated rings. The van der Waals surface area contributed by atoms with Crippen molar-refractivity contribution in [3.8, 4) is 5.75 Å². The first-order valence-electron chi connectivity index (χ1n) is 10.5. The average Bonchev–Trinajstić information content (AvgIpc) is 2.80. The number of nitrogens with one attached hydrogen (secondary N) is 2. The number of phenolic OH excluding ortho intramolecular Hbond substituents is 1. The quantitative estimate of drug-likeness (QED) is 0.523. The van der Waals surface area contributed by atoms with Crippen molar-refractivity contribution in [1.29, 1.82) is 0 Å². The molecule has 1 aliphatic heterocycles. The lowest BCUT2D eigenvalue weighted by atomic mass is 10.1. The standard InChI is InChI=1S/C24H26N4O3S/c1-17-19(6-5-18-3-2-4-21(29)15-18)16-26-24(27-17)28-20-7-9-22(10-8-20)32(30,31)23-11-13-25-14-12-23/h2-10,15-16,23,25,29H,11-14H2,1H3,(H,26,27,28)/b6-5+. The van der Waals surface area contributed by atoms with E-state index >= 15 is 0 Å². The molecule has 3 aromatic rings. The number of hydrogen-bond donors (Lipinski definition) is 3. The molecule has 0 spiro atoms. The minimum atomic E-state index is -3.32. The van der Waals surface area contributed by atoms with Gasteiger partial charge in [-0.25, -0.2) is 18.4 Å². The minimum absolute atomic E-state index is 0.217. The van der Waals surface area contributed by atoms with Crippen LogP contribution in [0.5, 0.6) is 5.75 Å². The lowest BCUT2D eigenvalue weighted by Gasteiger charge is -2.22. The second kappa shape index (κ2) is 9.50. The molecular formula is C24H26N4O3S. The third kappa shape index (κ3) is 5.15. The van der Waals surface area contributed by atoms with Gasteiger partial charge in [-0.2, -0.15) is 0 Å². The van der Waals surface area contributed by atoms with Crippen LogP contribution in [0.2, 0.25) is 0 Å². The maximum Gasteiger partial charge on any atom is 0.227 e. The molecule has 0 aliphatic carbocycles. The molecule has 0 amide bonds. The zero-order valence-corrected chi connectivity index (χ0v) is 18.6. The Hall–Kier alpha value is -3.23.